The van der Waals surface area contributed by atoms with E-state index in [9.17, 15) is 4.39 Å². The van der Waals surface area contributed by atoms with Gasteiger partial charge < -0.3 is 5.73 Å². The second-order valence-electron chi connectivity index (χ2n) is 6.14. The normalized spacial score (nSPS) is 11.3. The highest BCUT2D eigenvalue weighted by Crippen LogP contribution is 2.34. The van der Waals surface area contributed by atoms with Gasteiger partial charge in [-0.05, 0) is 38.0 Å². The number of benzene rings is 1. The van der Waals surface area contributed by atoms with Gasteiger partial charge >= 0.3 is 0 Å². The molecule has 0 bridgehead atoms. The summed E-state index contributed by atoms with van der Waals surface area (Å²) in [6.45, 7) is 17.5. The maximum atomic E-state index is 14.4. The zero-order chi connectivity index (χ0) is 21.0. The third-order valence-corrected chi connectivity index (χ3v) is 4.65. The lowest BCUT2D eigenvalue weighted by Crippen LogP contribution is -2.20. The number of nitrogens with two attached hydrogens (primary N) is 1. The summed E-state index contributed by atoms with van der Waals surface area (Å²) in [5.41, 5.74) is 8.49. The molecule has 1 aromatic carbocycles. The smallest absolute Gasteiger partial charge is 0.180 e. The topological polar surface area (TPSA) is 38.9 Å². The molecule has 0 spiro atoms. The predicted octanol–water partition coefficient (Wildman–Crippen LogP) is 7.39. The van der Waals surface area contributed by atoms with Crippen LogP contribution in [0.4, 0.5) is 9.52 Å². The van der Waals surface area contributed by atoms with Crippen molar-refractivity contribution in [3.8, 4) is 0 Å². The lowest BCUT2D eigenvalue weighted by atomic mass is 9.81. The van der Waals surface area contributed by atoms with Gasteiger partial charge in [-0.3, -0.25) is 0 Å². The summed E-state index contributed by atoms with van der Waals surface area (Å²) >= 11 is 1.40. The van der Waals surface area contributed by atoms with Crippen molar-refractivity contribution in [1.82, 2.24) is 4.98 Å². The first-order chi connectivity index (χ1) is 12.8. The third kappa shape index (κ3) is 7.14. The van der Waals surface area contributed by atoms with Crippen LogP contribution in [0.25, 0.3) is 5.57 Å². The van der Waals surface area contributed by atoms with Gasteiger partial charge in [0.1, 0.15) is 5.82 Å². The molecule has 27 heavy (non-hydrogen) atoms. The lowest BCUT2D eigenvalue weighted by molar-refractivity contribution is 0.591. The van der Waals surface area contributed by atoms with E-state index in [2.05, 4.69) is 11.6 Å². The number of anilines is 1. The first-order valence-electron chi connectivity index (χ1n) is 9.16. The number of halogens is 1. The van der Waals surface area contributed by atoms with Gasteiger partial charge in [0.05, 0.1) is 5.69 Å². The van der Waals surface area contributed by atoms with Crippen LogP contribution in [0, 0.1) is 5.82 Å². The van der Waals surface area contributed by atoms with Crippen molar-refractivity contribution in [2.75, 3.05) is 5.73 Å². The van der Waals surface area contributed by atoms with Gasteiger partial charge in [0.15, 0.2) is 5.13 Å². The summed E-state index contributed by atoms with van der Waals surface area (Å²) in [4.78, 5) is 4.32. The Hall–Kier alpha value is -2.20. The minimum Gasteiger partial charge on any atom is -0.375 e. The standard InChI is InChI=1S/C17H19FN2S.C4H8.C2H6/c1-5-6-11(2)13-8-7-12(9-14(13)18)17(3,4)15-10-21-16(19)20-15;1-3-4-2;1-2/h5-10H,1H2,2-4H3,(H2,19,20);3-4H,1-2H3;1-2H3/b11-6+;4-3-;. The van der Waals surface area contributed by atoms with Crippen LogP contribution in [0.3, 0.4) is 0 Å². The highest BCUT2D eigenvalue weighted by atomic mass is 32.1. The van der Waals surface area contributed by atoms with Crippen molar-refractivity contribution in [3.05, 3.63) is 77.1 Å². The Kier molecular flexibility index (Phi) is 11.2. The van der Waals surface area contributed by atoms with Crippen LogP contribution in [0.15, 0.2) is 54.5 Å². The van der Waals surface area contributed by atoms with Crippen LogP contribution in [0.1, 0.15) is 65.3 Å². The van der Waals surface area contributed by atoms with E-state index < -0.39 is 0 Å². The molecule has 0 saturated carbocycles. The van der Waals surface area contributed by atoms with Crippen LogP contribution in [-0.4, -0.2) is 4.98 Å². The van der Waals surface area contributed by atoms with Crippen molar-refractivity contribution in [2.45, 2.75) is 53.9 Å². The van der Waals surface area contributed by atoms with E-state index in [4.69, 9.17) is 5.73 Å². The summed E-state index contributed by atoms with van der Waals surface area (Å²) < 4.78 is 14.4. The van der Waals surface area contributed by atoms with E-state index in [0.29, 0.717) is 10.7 Å². The second-order valence-corrected chi connectivity index (χ2v) is 7.03. The predicted molar refractivity (Wildman–Crippen MR) is 121 cm³/mol. The number of allylic oxidation sites excluding steroid dienone is 5. The molecule has 0 unspecified atom stereocenters. The minimum atomic E-state index is -0.385. The number of hydrogen-bond donors (Lipinski definition) is 1. The maximum absolute atomic E-state index is 14.4. The van der Waals surface area contributed by atoms with Crippen molar-refractivity contribution in [3.63, 3.8) is 0 Å². The molecule has 0 aliphatic rings. The first-order valence-corrected chi connectivity index (χ1v) is 10.0. The highest BCUT2D eigenvalue weighted by molar-refractivity contribution is 7.13. The number of rotatable bonds is 4. The molecule has 0 amide bonds. The Bertz CT molecular complexity index is 766. The van der Waals surface area contributed by atoms with E-state index in [1.807, 2.05) is 72.1 Å². The van der Waals surface area contributed by atoms with Gasteiger partial charge in [0.2, 0.25) is 0 Å². The number of hydrogen-bond acceptors (Lipinski definition) is 3. The molecule has 4 heteroatoms. The molecule has 0 radical (unpaired) electrons. The highest BCUT2D eigenvalue weighted by Gasteiger charge is 2.26. The van der Waals surface area contributed by atoms with Gasteiger partial charge in [-0.25, -0.2) is 9.37 Å². The molecule has 0 aliphatic heterocycles. The first kappa shape index (κ1) is 24.8. The quantitative estimate of drug-likeness (QED) is 0.438. The fourth-order valence-corrected chi connectivity index (χ4v) is 2.94. The molecule has 0 saturated heterocycles. The van der Waals surface area contributed by atoms with Crippen LogP contribution >= 0.6 is 11.3 Å². The molecule has 2 aromatic rings. The SMILES string of the molecule is C/C=C\C.C=C/C=C(\C)c1ccc(C(C)(C)c2csc(N)n2)cc1F.CC. The number of nitrogens with zero attached hydrogens (tertiary/aromatic N) is 1. The van der Waals surface area contributed by atoms with Crippen molar-refractivity contribution in [2.24, 2.45) is 0 Å². The van der Waals surface area contributed by atoms with Gasteiger partial charge in [0.25, 0.3) is 0 Å². The van der Waals surface area contributed by atoms with E-state index in [1.165, 1.54) is 11.3 Å². The van der Waals surface area contributed by atoms with Gasteiger partial charge in [-0.2, -0.15) is 0 Å². The van der Waals surface area contributed by atoms with Gasteiger partial charge in [-0.15, -0.1) is 11.3 Å². The average Bonchev–Trinajstić information content (AvgIpc) is 3.11. The molecule has 0 atom stereocenters. The molecule has 148 valence electrons. The molecule has 0 aliphatic carbocycles. The largest absolute Gasteiger partial charge is 0.375 e. The molecular formula is C23H33FN2S. The molecule has 2 rings (SSSR count). The summed E-state index contributed by atoms with van der Waals surface area (Å²) in [5.74, 6) is -0.237. The van der Waals surface area contributed by atoms with E-state index in [1.54, 1.807) is 24.3 Å². The van der Waals surface area contributed by atoms with Gasteiger partial charge in [-0.1, -0.05) is 70.7 Å². The Labute approximate surface area is 168 Å². The Morgan fingerprint density at radius 1 is 1.22 bits per heavy atom. The molecule has 2 nitrogen and oxygen atoms in total. The maximum Gasteiger partial charge on any atom is 0.180 e. The fourth-order valence-electron chi connectivity index (χ4n) is 2.21. The van der Waals surface area contributed by atoms with Crippen LogP contribution in [0.2, 0.25) is 0 Å². The van der Waals surface area contributed by atoms with Crippen molar-refractivity contribution < 1.29 is 4.39 Å². The summed E-state index contributed by atoms with van der Waals surface area (Å²) in [6.07, 6.45) is 7.45. The number of aromatic nitrogens is 1. The molecule has 1 aromatic heterocycles. The average molecular weight is 389 g/mol. The monoisotopic (exact) mass is 388 g/mol. The Morgan fingerprint density at radius 2 is 1.81 bits per heavy atom. The molecule has 1 heterocycles. The summed E-state index contributed by atoms with van der Waals surface area (Å²) in [7, 11) is 0. The van der Waals surface area contributed by atoms with Gasteiger partial charge in [0, 0.05) is 16.4 Å². The zero-order valence-electron chi connectivity index (χ0n) is 17.6. The fraction of sp³-hybridized carbons (Fsp3) is 0.348. The summed E-state index contributed by atoms with van der Waals surface area (Å²) in [6, 6.07) is 5.32. The molecule has 2 N–H and O–H groups in total. The van der Waals surface area contributed by atoms with E-state index in [-0.39, 0.29) is 11.2 Å². The van der Waals surface area contributed by atoms with Crippen molar-refractivity contribution >= 4 is 22.0 Å². The van der Waals surface area contributed by atoms with E-state index in [0.717, 1.165) is 16.8 Å². The summed E-state index contributed by atoms with van der Waals surface area (Å²) in [5, 5.41) is 2.45. The molecule has 0 fully saturated rings. The second kappa shape index (κ2) is 12.2. The van der Waals surface area contributed by atoms with Crippen LogP contribution in [-0.2, 0) is 5.41 Å². The lowest BCUT2D eigenvalue weighted by Gasteiger charge is -2.23. The van der Waals surface area contributed by atoms with Crippen LogP contribution in [0.5, 0.6) is 0 Å². The number of nitrogen functional groups attached to an aromatic ring is 1. The van der Waals surface area contributed by atoms with E-state index >= 15 is 0 Å². The third-order valence-electron chi connectivity index (χ3n) is 3.98. The Morgan fingerprint density at radius 3 is 2.22 bits per heavy atom. The minimum absolute atomic E-state index is 0.237. The number of thiazole rings is 1. The molecular weight excluding hydrogens is 355 g/mol. The van der Waals surface area contributed by atoms with Crippen LogP contribution < -0.4 is 5.73 Å². The van der Waals surface area contributed by atoms with Crippen molar-refractivity contribution in [1.29, 1.82) is 0 Å². The zero-order valence-corrected chi connectivity index (χ0v) is 18.5. The Balaban J connectivity index is 0.000000998.